The van der Waals surface area contributed by atoms with Crippen LogP contribution in [0.3, 0.4) is 0 Å². The standard InChI is InChI=1S/C9H9ClO4S/c10-8-3-1-2-4-9(8)15(11,12)14-6-7-5-13-7/h1-4,7H,5-6H2. The predicted molar refractivity (Wildman–Crippen MR) is 54.3 cm³/mol. The molecular weight excluding hydrogens is 240 g/mol. The molecule has 15 heavy (non-hydrogen) atoms. The minimum atomic E-state index is -3.76. The molecule has 1 atom stereocenters. The van der Waals surface area contributed by atoms with Gasteiger partial charge in [-0.1, -0.05) is 23.7 Å². The summed E-state index contributed by atoms with van der Waals surface area (Å²) < 4.78 is 32.9. The van der Waals surface area contributed by atoms with Crippen molar-refractivity contribution in [2.24, 2.45) is 0 Å². The van der Waals surface area contributed by atoms with E-state index in [2.05, 4.69) is 0 Å². The van der Waals surface area contributed by atoms with Gasteiger partial charge in [-0.2, -0.15) is 8.42 Å². The fourth-order valence-electron chi connectivity index (χ4n) is 1.04. The first kappa shape index (κ1) is 10.9. The Labute approximate surface area is 92.9 Å². The van der Waals surface area contributed by atoms with E-state index in [9.17, 15) is 8.42 Å². The molecule has 0 radical (unpaired) electrons. The molecule has 1 aliphatic rings. The van der Waals surface area contributed by atoms with Gasteiger partial charge in [-0.25, -0.2) is 0 Å². The molecule has 0 saturated carbocycles. The molecule has 0 aliphatic carbocycles. The van der Waals surface area contributed by atoms with Crippen LogP contribution in [0.5, 0.6) is 0 Å². The van der Waals surface area contributed by atoms with Gasteiger partial charge >= 0.3 is 0 Å². The van der Waals surface area contributed by atoms with Crippen molar-refractivity contribution in [3.05, 3.63) is 29.3 Å². The van der Waals surface area contributed by atoms with E-state index in [1.807, 2.05) is 0 Å². The fourth-order valence-corrected chi connectivity index (χ4v) is 2.47. The topological polar surface area (TPSA) is 55.9 Å². The van der Waals surface area contributed by atoms with Gasteiger partial charge < -0.3 is 4.74 Å². The Balaban J connectivity index is 2.16. The maximum atomic E-state index is 11.6. The second-order valence-electron chi connectivity index (χ2n) is 3.12. The zero-order chi connectivity index (χ0) is 10.9. The molecule has 82 valence electrons. The van der Waals surface area contributed by atoms with Crippen molar-refractivity contribution in [3.8, 4) is 0 Å². The van der Waals surface area contributed by atoms with Crippen LogP contribution in [0.15, 0.2) is 29.2 Å². The molecule has 1 aromatic carbocycles. The number of hydrogen-bond acceptors (Lipinski definition) is 4. The number of ether oxygens (including phenoxy) is 1. The Bertz CT molecular complexity index is 453. The Hall–Kier alpha value is -0.620. The SMILES string of the molecule is O=S(=O)(OCC1CO1)c1ccccc1Cl. The Kier molecular flexibility index (Phi) is 2.97. The number of benzene rings is 1. The first-order valence-corrected chi connectivity index (χ1v) is 6.14. The van der Waals surface area contributed by atoms with Gasteiger partial charge in [-0.3, -0.25) is 4.18 Å². The summed E-state index contributed by atoms with van der Waals surface area (Å²) in [5, 5.41) is 0.161. The van der Waals surface area contributed by atoms with E-state index in [0.717, 1.165) is 0 Å². The van der Waals surface area contributed by atoms with Crippen molar-refractivity contribution < 1.29 is 17.3 Å². The van der Waals surface area contributed by atoms with Crippen molar-refractivity contribution in [1.29, 1.82) is 0 Å². The Morgan fingerprint density at radius 1 is 1.47 bits per heavy atom. The molecule has 1 fully saturated rings. The molecule has 1 unspecified atom stereocenters. The first-order valence-electron chi connectivity index (χ1n) is 4.35. The predicted octanol–water partition coefficient (Wildman–Crippen LogP) is 1.44. The lowest BCUT2D eigenvalue weighted by Crippen LogP contribution is -2.11. The van der Waals surface area contributed by atoms with Crippen LogP contribution in [0, 0.1) is 0 Å². The lowest BCUT2D eigenvalue weighted by Gasteiger charge is -2.05. The van der Waals surface area contributed by atoms with Crippen LogP contribution < -0.4 is 0 Å². The first-order chi connectivity index (χ1) is 7.09. The van der Waals surface area contributed by atoms with Crippen LogP contribution in [0.1, 0.15) is 0 Å². The van der Waals surface area contributed by atoms with Crippen LogP contribution in [-0.2, 0) is 19.0 Å². The van der Waals surface area contributed by atoms with Gasteiger partial charge in [0.1, 0.15) is 11.0 Å². The fraction of sp³-hybridized carbons (Fsp3) is 0.333. The maximum absolute atomic E-state index is 11.6. The van der Waals surface area contributed by atoms with Gasteiger partial charge in [0.25, 0.3) is 10.1 Å². The minimum absolute atomic E-state index is 0.00711. The van der Waals surface area contributed by atoms with E-state index >= 15 is 0 Å². The summed E-state index contributed by atoms with van der Waals surface area (Å²) in [5.74, 6) is 0. The maximum Gasteiger partial charge on any atom is 0.298 e. The molecule has 0 aromatic heterocycles. The summed E-state index contributed by atoms with van der Waals surface area (Å²) in [4.78, 5) is -0.00711. The zero-order valence-corrected chi connectivity index (χ0v) is 9.29. The molecule has 1 aliphatic heterocycles. The lowest BCUT2D eigenvalue weighted by molar-refractivity contribution is 0.266. The molecule has 1 aromatic rings. The molecule has 0 bridgehead atoms. The summed E-state index contributed by atoms with van der Waals surface area (Å²) in [6.07, 6.45) is -0.0951. The largest absolute Gasteiger partial charge is 0.371 e. The van der Waals surface area contributed by atoms with Gasteiger partial charge in [0.05, 0.1) is 18.2 Å². The normalized spacial score (nSPS) is 20.2. The second kappa shape index (κ2) is 4.09. The Morgan fingerprint density at radius 2 is 2.13 bits per heavy atom. The summed E-state index contributed by atoms with van der Waals surface area (Å²) in [5.41, 5.74) is 0. The van der Waals surface area contributed by atoms with Crippen LogP contribution in [0.4, 0.5) is 0 Å². The lowest BCUT2D eigenvalue weighted by atomic mass is 10.4. The molecule has 4 nitrogen and oxygen atoms in total. The summed E-state index contributed by atoms with van der Waals surface area (Å²) >= 11 is 5.75. The average molecular weight is 249 g/mol. The highest BCUT2D eigenvalue weighted by atomic mass is 35.5. The minimum Gasteiger partial charge on any atom is -0.371 e. The van der Waals surface area contributed by atoms with Gasteiger partial charge in [0, 0.05) is 0 Å². The molecular formula is C9H9ClO4S. The van der Waals surface area contributed by atoms with Crippen molar-refractivity contribution in [1.82, 2.24) is 0 Å². The van der Waals surface area contributed by atoms with Gasteiger partial charge in [-0.15, -0.1) is 0 Å². The van der Waals surface area contributed by atoms with Crippen LogP contribution in [0.2, 0.25) is 5.02 Å². The van der Waals surface area contributed by atoms with Crippen LogP contribution in [0.25, 0.3) is 0 Å². The molecule has 1 saturated heterocycles. The number of halogens is 1. The quantitative estimate of drug-likeness (QED) is 0.598. The van der Waals surface area contributed by atoms with Gasteiger partial charge in [0.15, 0.2) is 0 Å². The third-order valence-electron chi connectivity index (χ3n) is 1.92. The van der Waals surface area contributed by atoms with Crippen molar-refractivity contribution in [3.63, 3.8) is 0 Å². The molecule has 1 heterocycles. The highest BCUT2D eigenvalue weighted by Crippen LogP contribution is 2.23. The molecule has 6 heteroatoms. The van der Waals surface area contributed by atoms with Crippen LogP contribution in [-0.4, -0.2) is 27.7 Å². The molecule has 2 rings (SSSR count). The van der Waals surface area contributed by atoms with E-state index in [-0.39, 0.29) is 22.6 Å². The van der Waals surface area contributed by atoms with E-state index < -0.39 is 10.1 Å². The van der Waals surface area contributed by atoms with Crippen molar-refractivity contribution in [2.45, 2.75) is 11.0 Å². The van der Waals surface area contributed by atoms with E-state index in [4.69, 9.17) is 20.5 Å². The highest BCUT2D eigenvalue weighted by Gasteiger charge is 2.27. The van der Waals surface area contributed by atoms with Gasteiger partial charge in [0.2, 0.25) is 0 Å². The van der Waals surface area contributed by atoms with E-state index in [1.54, 1.807) is 12.1 Å². The summed E-state index contributed by atoms with van der Waals surface area (Å²) in [6, 6.07) is 6.16. The second-order valence-corrected chi connectivity index (χ2v) is 5.12. The zero-order valence-electron chi connectivity index (χ0n) is 7.72. The van der Waals surface area contributed by atoms with Crippen molar-refractivity contribution >= 4 is 21.7 Å². The van der Waals surface area contributed by atoms with Crippen molar-refractivity contribution in [2.75, 3.05) is 13.2 Å². The van der Waals surface area contributed by atoms with E-state index in [0.29, 0.717) is 6.61 Å². The third-order valence-corrected chi connectivity index (χ3v) is 3.70. The highest BCUT2D eigenvalue weighted by molar-refractivity contribution is 7.86. The number of epoxide rings is 1. The third kappa shape index (κ3) is 2.69. The monoisotopic (exact) mass is 248 g/mol. The number of rotatable bonds is 4. The van der Waals surface area contributed by atoms with E-state index in [1.165, 1.54) is 12.1 Å². The molecule has 0 N–H and O–H groups in total. The average Bonchev–Trinajstić information content (AvgIpc) is 2.99. The van der Waals surface area contributed by atoms with Crippen LogP contribution >= 0.6 is 11.6 Å². The van der Waals surface area contributed by atoms with Gasteiger partial charge in [-0.05, 0) is 12.1 Å². The Morgan fingerprint density at radius 3 is 2.73 bits per heavy atom. The summed E-state index contributed by atoms with van der Waals surface area (Å²) in [7, 11) is -3.76. The number of hydrogen-bond donors (Lipinski definition) is 0. The summed E-state index contributed by atoms with van der Waals surface area (Å²) in [6.45, 7) is 0.603. The molecule has 0 spiro atoms. The molecule has 0 amide bonds. The smallest absolute Gasteiger partial charge is 0.298 e.